The molecule has 0 amide bonds. The SMILES string of the molecule is C=C(CCn1c(=O)n(CCC(=O)CCC(CC)(COCC2CO2)COCC2CO2)c(=O)n(CCC(=O)CCC(CC)(COCC2CO2)COC2CCO2)c1=O)CCC(CC)(CCOC1CO1)COCC1CO1. The molecular weight excluding hydrogens is 939 g/mol. The van der Waals surface area contributed by atoms with Crippen LogP contribution >= 0.6 is 0 Å². The van der Waals surface area contributed by atoms with Crippen molar-refractivity contribution in [2.45, 2.75) is 167 Å². The maximum absolute atomic E-state index is 14.2. The summed E-state index contributed by atoms with van der Waals surface area (Å²) in [5, 5.41) is 0. The Labute approximate surface area is 423 Å². The summed E-state index contributed by atoms with van der Waals surface area (Å²) in [5.41, 5.74) is -2.74. The molecule has 6 aliphatic rings. The maximum atomic E-state index is 14.2. The molecule has 8 unspecified atom stereocenters. The highest BCUT2D eigenvalue weighted by Gasteiger charge is 2.36. The van der Waals surface area contributed by atoms with Gasteiger partial charge in [0.2, 0.25) is 0 Å². The Hall–Kier alpha value is -2.99. The quantitative estimate of drug-likeness (QED) is 0.0670. The van der Waals surface area contributed by atoms with Crippen LogP contribution in [-0.2, 0) is 86.1 Å². The minimum Gasteiger partial charge on any atom is -0.378 e. The Kier molecular flexibility index (Phi) is 21.8. The molecule has 6 aliphatic heterocycles. The largest absolute Gasteiger partial charge is 0.378 e. The van der Waals surface area contributed by atoms with Crippen molar-refractivity contribution in [3.8, 4) is 0 Å². The summed E-state index contributed by atoms with van der Waals surface area (Å²) in [5.74, 6) is -0.297. The fraction of sp³-hybridized carbons (Fsp3) is 0.865. The van der Waals surface area contributed by atoms with E-state index in [2.05, 4.69) is 13.5 Å². The number of ketones is 2. The average molecular weight is 1020 g/mol. The first-order valence-electron chi connectivity index (χ1n) is 26.7. The van der Waals surface area contributed by atoms with E-state index >= 15 is 0 Å². The van der Waals surface area contributed by atoms with Crippen LogP contribution in [0, 0.1) is 16.2 Å². The summed E-state index contributed by atoms with van der Waals surface area (Å²) in [6.45, 7) is 18.5. The van der Waals surface area contributed by atoms with Gasteiger partial charge in [-0.15, -0.1) is 0 Å². The fourth-order valence-corrected chi connectivity index (χ4v) is 8.93. The first-order valence-corrected chi connectivity index (χ1v) is 26.7. The van der Waals surface area contributed by atoms with Gasteiger partial charge in [0, 0.05) is 62.6 Å². The zero-order valence-electron chi connectivity index (χ0n) is 43.3. The molecule has 20 heteroatoms. The lowest BCUT2D eigenvalue weighted by Crippen LogP contribution is -2.54. The first kappa shape index (κ1) is 56.7. The first-order chi connectivity index (χ1) is 34.9. The molecule has 7 rings (SSSR count). The van der Waals surface area contributed by atoms with Crippen LogP contribution in [0.5, 0.6) is 0 Å². The van der Waals surface area contributed by atoms with E-state index in [-0.39, 0.29) is 99.3 Å². The fourth-order valence-electron chi connectivity index (χ4n) is 8.93. The van der Waals surface area contributed by atoms with Gasteiger partial charge >= 0.3 is 17.1 Å². The highest BCUT2D eigenvalue weighted by molar-refractivity contribution is 5.78. The zero-order valence-corrected chi connectivity index (χ0v) is 43.3. The van der Waals surface area contributed by atoms with E-state index in [4.69, 9.17) is 56.8 Å². The van der Waals surface area contributed by atoms with Crippen LogP contribution in [-0.4, -0.2) is 168 Å². The Morgan fingerprint density at radius 1 is 0.500 bits per heavy atom. The zero-order chi connectivity index (χ0) is 51.0. The van der Waals surface area contributed by atoms with E-state index in [1.54, 1.807) is 0 Å². The summed E-state index contributed by atoms with van der Waals surface area (Å²) in [6, 6.07) is 0. The lowest BCUT2D eigenvalue weighted by Gasteiger charge is -2.36. The molecule has 0 spiro atoms. The van der Waals surface area contributed by atoms with Crippen LogP contribution in [0.4, 0.5) is 0 Å². The summed E-state index contributed by atoms with van der Waals surface area (Å²) in [6.07, 6.45) is 6.49. The van der Waals surface area contributed by atoms with Gasteiger partial charge in [0.05, 0.1) is 99.1 Å². The van der Waals surface area contributed by atoms with Gasteiger partial charge in [0.1, 0.15) is 42.6 Å². The second-order valence-corrected chi connectivity index (χ2v) is 21.1. The number of Topliss-reactive ketones (excluding diaryl/α,β-unsaturated/α-hetero) is 2. The number of hydrogen-bond donors (Lipinski definition) is 0. The minimum absolute atomic E-state index is 0.0398. The molecule has 6 fully saturated rings. The van der Waals surface area contributed by atoms with Crippen molar-refractivity contribution in [1.82, 2.24) is 13.7 Å². The molecule has 0 aromatic carbocycles. The smallest absolute Gasteiger partial charge is 0.336 e. The molecule has 1 aromatic heterocycles. The van der Waals surface area contributed by atoms with Gasteiger partial charge in [-0.3, -0.25) is 9.59 Å². The summed E-state index contributed by atoms with van der Waals surface area (Å²) >= 11 is 0. The monoisotopic (exact) mass is 1020 g/mol. The highest BCUT2D eigenvalue weighted by Crippen LogP contribution is 2.36. The summed E-state index contributed by atoms with van der Waals surface area (Å²) in [4.78, 5) is 70.1. The van der Waals surface area contributed by atoms with E-state index in [1.807, 2.05) is 13.8 Å². The predicted octanol–water partition coefficient (Wildman–Crippen LogP) is 3.75. The van der Waals surface area contributed by atoms with Crippen molar-refractivity contribution in [3.05, 3.63) is 43.6 Å². The number of allylic oxidation sites excluding steroid dienone is 1. The number of aromatic nitrogens is 3. The van der Waals surface area contributed by atoms with Crippen LogP contribution < -0.4 is 17.1 Å². The number of carbonyl (C=O) groups is 2. The van der Waals surface area contributed by atoms with Gasteiger partial charge in [-0.1, -0.05) is 32.9 Å². The average Bonchev–Trinajstić information content (AvgIpc) is 4.13. The molecule has 408 valence electrons. The molecule has 1 aromatic rings. The summed E-state index contributed by atoms with van der Waals surface area (Å²) in [7, 11) is 0. The minimum atomic E-state index is -0.856. The van der Waals surface area contributed by atoms with Crippen molar-refractivity contribution in [2.24, 2.45) is 16.2 Å². The van der Waals surface area contributed by atoms with E-state index in [0.717, 1.165) is 45.0 Å². The second kappa shape index (κ2) is 27.7. The molecule has 0 aliphatic carbocycles. The van der Waals surface area contributed by atoms with Crippen molar-refractivity contribution >= 4 is 11.6 Å². The molecule has 7 heterocycles. The number of ether oxygens (including phenoxy) is 12. The topological polar surface area (TPSA) is 227 Å². The van der Waals surface area contributed by atoms with Gasteiger partial charge in [-0.25, -0.2) is 28.1 Å². The number of hydrogen-bond acceptors (Lipinski definition) is 17. The van der Waals surface area contributed by atoms with Gasteiger partial charge in [-0.2, -0.15) is 0 Å². The molecule has 0 N–H and O–H groups in total. The Bertz CT molecular complexity index is 1920. The number of nitrogens with zero attached hydrogens (tertiary/aromatic N) is 3. The van der Waals surface area contributed by atoms with Crippen LogP contribution in [0.1, 0.15) is 111 Å². The third-order valence-corrected chi connectivity index (χ3v) is 15.4. The number of carbonyl (C=O) groups excluding carboxylic acids is 2. The molecule has 6 saturated heterocycles. The van der Waals surface area contributed by atoms with Crippen molar-refractivity contribution in [1.29, 1.82) is 0 Å². The third kappa shape index (κ3) is 18.7. The van der Waals surface area contributed by atoms with Gasteiger partial charge in [0.25, 0.3) is 0 Å². The molecule has 72 heavy (non-hydrogen) atoms. The van der Waals surface area contributed by atoms with Gasteiger partial charge < -0.3 is 56.8 Å². The summed E-state index contributed by atoms with van der Waals surface area (Å²) < 4.78 is 71.2. The van der Waals surface area contributed by atoms with Gasteiger partial charge in [0.15, 0.2) is 12.6 Å². The molecular formula is C52H83N3O17. The van der Waals surface area contributed by atoms with Crippen LogP contribution in [0.2, 0.25) is 0 Å². The normalized spacial score (nSPS) is 25.2. The Balaban J connectivity index is 1.01. The number of rotatable bonds is 44. The molecule has 0 saturated carbocycles. The van der Waals surface area contributed by atoms with E-state index in [1.165, 1.54) is 0 Å². The third-order valence-electron chi connectivity index (χ3n) is 15.4. The second-order valence-electron chi connectivity index (χ2n) is 21.1. The van der Waals surface area contributed by atoms with Crippen molar-refractivity contribution < 1.29 is 66.4 Å². The molecule has 8 atom stereocenters. The maximum Gasteiger partial charge on any atom is 0.336 e. The van der Waals surface area contributed by atoms with E-state index in [0.29, 0.717) is 144 Å². The van der Waals surface area contributed by atoms with E-state index < -0.39 is 27.9 Å². The molecule has 20 nitrogen and oxygen atoms in total. The highest BCUT2D eigenvalue weighted by atomic mass is 16.8. The van der Waals surface area contributed by atoms with Crippen LogP contribution in [0.25, 0.3) is 0 Å². The van der Waals surface area contributed by atoms with Crippen molar-refractivity contribution in [3.63, 3.8) is 0 Å². The van der Waals surface area contributed by atoms with Crippen LogP contribution in [0.15, 0.2) is 26.5 Å². The van der Waals surface area contributed by atoms with Gasteiger partial charge in [-0.05, 0) is 63.2 Å². The Morgan fingerprint density at radius 3 is 1.26 bits per heavy atom. The Morgan fingerprint density at radius 2 is 0.889 bits per heavy atom. The lowest BCUT2D eigenvalue weighted by atomic mass is 9.77. The standard InChI is InChI=1S/C52H83N3O17/c1-5-50(18-23-66-46-32-71-46,33-61-24-41-28-67-41)15-8-38(4)11-19-53-47(58)54(20-12-39(56)9-16-51(6-2,34-62-25-42-29-68-42)35-63-26-43-30-69-43)49(60)55(48(53)59)21-13-40(57)10-17-52(7-3,36-64-27-44-31-70-44)37-72-45-14-22-65-45/h41-46H,4-37H2,1-3H3. The van der Waals surface area contributed by atoms with Crippen LogP contribution in [0.3, 0.4) is 0 Å². The molecule has 0 bridgehead atoms. The number of epoxide rings is 5. The predicted molar refractivity (Wildman–Crippen MR) is 261 cm³/mol. The van der Waals surface area contributed by atoms with Crippen molar-refractivity contribution in [2.75, 3.05) is 106 Å². The molecule has 0 radical (unpaired) electrons. The lowest BCUT2D eigenvalue weighted by molar-refractivity contribution is -0.231. The van der Waals surface area contributed by atoms with E-state index in [9.17, 15) is 24.0 Å².